The number of hydrogen-bond donors (Lipinski definition) is 1. The van der Waals surface area contributed by atoms with E-state index in [2.05, 4.69) is 22.7 Å². The van der Waals surface area contributed by atoms with Crippen LogP contribution in [0.3, 0.4) is 0 Å². The Bertz CT molecular complexity index is 1310. The van der Waals surface area contributed by atoms with Crippen LogP contribution in [-0.2, 0) is 5.75 Å². The van der Waals surface area contributed by atoms with Crippen LogP contribution in [0, 0.1) is 13.8 Å². The summed E-state index contributed by atoms with van der Waals surface area (Å²) < 4.78 is 2.05. The Morgan fingerprint density at radius 3 is 2.32 bits per heavy atom. The number of hydrazone groups is 1. The second kappa shape index (κ2) is 11.0. The molecule has 34 heavy (non-hydrogen) atoms. The number of carbonyl (C=O) groups excluding carboxylic acids is 1. The van der Waals surface area contributed by atoms with E-state index in [9.17, 15) is 4.79 Å². The van der Waals surface area contributed by atoms with E-state index in [1.54, 1.807) is 24.0 Å². The summed E-state index contributed by atoms with van der Waals surface area (Å²) in [6.45, 7) is 3.98. The van der Waals surface area contributed by atoms with Crippen LogP contribution in [0.1, 0.15) is 32.9 Å². The standard InChI is InChI=1S/C27H23Cl2N3OS/c1-18-12-22(19(2)32(18)25-14-23(28)13-24(29)15-25)16-30-31-27(33)21-10-8-20(9-11-21)17-34-26-6-4-3-5-7-26/h3-16H,17H2,1-2H3,(H,31,33)/b30-16+. The molecule has 3 aromatic carbocycles. The number of hydrogen-bond acceptors (Lipinski definition) is 3. The first-order chi connectivity index (χ1) is 16.4. The van der Waals surface area contributed by atoms with E-state index >= 15 is 0 Å². The molecule has 0 saturated heterocycles. The number of nitrogens with zero attached hydrogens (tertiary/aromatic N) is 2. The van der Waals surface area contributed by atoms with Gasteiger partial charge in [0.25, 0.3) is 5.91 Å². The highest BCUT2D eigenvalue weighted by atomic mass is 35.5. The molecule has 172 valence electrons. The van der Waals surface area contributed by atoms with E-state index < -0.39 is 0 Å². The van der Waals surface area contributed by atoms with E-state index in [1.165, 1.54) is 4.90 Å². The van der Waals surface area contributed by atoms with Crippen molar-refractivity contribution in [2.75, 3.05) is 0 Å². The van der Waals surface area contributed by atoms with Crippen molar-refractivity contribution in [3.05, 3.63) is 117 Å². The van der Waals surface area contributed by atoms with Crippen LogP contribution in [0.15, 0.2) is 88.9 Å². The Balaban J connectivity index is 1.39. The van der Waals surface area contributed by atoms with Gasteiger partial charge in [-0.3, -0.25) is 4.79 Å². The van der Waals surface area contributed by atoms with Crippen molar-refractivity contribution >= 4 is 47.1 Å². The van der Waals surface area contributed by atoms with Gasteiger partial charge in [-0.25, -0.2) is 5.43 Å². The SMILES string of the molecule is Cc1cc(/C=N/NC(=O)c2ccc(CSc3ccccc3)cc2)c(C)n1-c1cc(Cl)cc(Cl)c1. The molecule has 4 aromatic rings. The zero-order chi connectivity index (χ0) is 24.1. The average Bonchev–Trinajstić information content (AvgIpc) is 3.10. The first-order valence-corrected chi connectivity index (χ1v) is 12.4. The van der Waals surface area contributed by atoms with E-state index in [0.29, 0.717) is 15.6 Å². The topological polar surface area (TPSA) is 46.4 Å². The Morgan fingerprint density at radius 1 is 0.971 bits per heavy atom. The third kappa shape index (κ3) is 5.92. The fourth-order valence-electron chi connectivity index (χ4n) is 3.64. The zero-order valence-electron chi connectivity index (χ0n) is 18.8. The molecule has 0 fully saturated rings. The molecular formula is C27H23Cl2N3OS. The minimum atomic E-state index is -0.256. The van der Waals surface area contributed by atoms with Crippen molar-refractivity contribution in [2.24, 2.45) is 5.10 Å². The Hall–Kier alpha value is -2.99. The number of aryl methyl sites for hydroxylation is 1. The molecule has 1 N–H and O–H groups in total. The number of rotatable bonds is 7. The van der Waals surface area contributed by atoms with Gasteiger partial charge in [-0.05, 0) is 67.9 Å². The first-order valence-electron chi connectivity index (χ1n) is 10.7. The highest BCUT2D eigenvalue weighted by Gasteiger charge is 2.11. The lowest BCUT2D eigenvalue weighted by molar-refractivity contribution is 0.0955. The summed E-state index contributed by atoms with van der Waals surface area (Å²) in [5, 5.41) is 5.31. The van der Waals surface area contributed by atoms with Crippen molar-refractivity contribution in [3.8, 4) is 5.69 Å². The lowest BCUT2D eigenvalue weighted by atomic mass is 10.1. The monoisotopic (exact) mass is 507 g/mol. The van der Waals surface area contributed by atoms with Gasteiger partial charge in [0.05, 0.1) is 6.21 Å². The van der Waals surface area contributed by atoms with Crippen molar-refractivity contribution in [1.29, 1.82) is 0 Å². The molecule has 1 amide bonds. The molecule has 1 heterocycles. The van der Waals surface area contributed by atoms with Gasteiger partial charge in [0.15, 0.2) is 0 Å². The molecule has 0 aliphatic rings. The average molecular weight is 508 g/mol. The molecule has 0 radical (unpaired) electrons. The summed E-state index contributed by atoms with van der Waals surface area (Å²) in [5.74, 6) is 0.589. The third-order valence-electron chi connectivity index (χ3n) is 5.31. The molecule has 1 aromatic heterocycles. The molecule has 0 atom stereocenters. The maximum Gasteiger partial charge on any atom is 0.271 e. The van der Waals surface area contributed by atoms with Crippen LogP contribution in [0.25, 0.3) is 5.69 Å². The summed E-state index contributed by atoms with van der Waals surface area (Å²) >= 11 is 14.1. The van der Waals surface area contributed by atoms with Crippen LogP contribution in [0.5, 0.6) is 0 Å². The van der Waals surface area contributed by atoms with Crippen molar-refractivity contribution < 1.29 is 4.79 Å². The normalized spacial score (nSPS) is 11.2. The predicted molar refractivity (Wildman–Crippen MR) is 143 cm³/mol. The number of benzene rings is 3. The number of amides is 1. The highest BCUT2D eigenvalue weighted by molar-refractivity contribution is 7.98. The number of halogens is 2. The number of thioether (sulfide) groups is 1. The van der Waals surface area contributed by atoms with Gasteiger partial charge < -0.3 is 4.57 Å². The summed E-state index contributed by atoms with van der Waals surface area (Å²) in [4.78, 5) is 13.7. The maximum atomic E-state index is 12.5. The Labute approximate surface area is 213 Å². The summed E-state index contributed by atoms with van der Waals surface area (Å²) in [6.07, 6.45) is 1.65. The van der Waals surface area contributed by atoms with Gasteiger partial charge >= 0.3 is 0 Å². The molecule has 0 unspecified atom stereocenters. The molecular weight excluding hydrogens is 485 g/mol. The lowest BCUT2D eigenvalue weighted by Gasteiger charge is -2.10. The number of nitrogens with one attached hydrogen (secondary N) is 1. The lowest BCUT2D eigenvalue weighted by Crippen LogP contribution is -2.17. The zero-order valence-corrected chi connectivity index (χ0v) is 21.1. The molecule has 0 aliphatic heterocycles. The summed E-state index contributed by atoms with van der Waals surface area (Å²) in [6, 6.07) is 25.2. The Morgan fingerprint density at radius 2 is 1.65 bits per heavy atom. The molecule has 0 saturated carbocycles. The maximum absolute atomic E-state index is 12.5. The second-order valence-electron chi connectivity index (χ2n) is 7.79. The third-order valence-corrected chi connectivity index (χ3v) is 6.83. The van der Waals surface area contributed by atoms with Crippen molar-refractivity contribution in [1.82, 2.24) is 9.99 Å². The molecule has 0 spiro atoms. The summed E-state index contributed by atoms with van der Waals surface area (Å²) in [7, 11) is 0. The fourth-order valence-corrected chi connectivity index (χ4v) is 5.03. The highest BCUT2D eigenvalue weighted by Crippen LogP contribution is 2.26. The van der Waals surface area contributed by atoms with E-state index in [-0.39, 0.29) is 5.91 Å². The van der Waals surface area contributed by atoms with E-state index in [1.807, 2.05) is 79.1 Å². The minimum Gasteiger partial charge on any atom is -0.318 e. The van der Waals surface area contributed by atoms with Gasteiger partial charge in [-0.15, -0.1) is 11.8 Å². The van der Waals surface area contributed by atoms with Crippen molar-refractivity contribution in [2.45, 2.75) is 24.5 Å². The van der Waals surface area contributed by atoms with Gasteiger partial charge in [0.2, 0.25) is 0 Å². The molecule has 0 bridgehead atoms. The van der Waals surface area contributed by atoms with E-state index in [0.717, 1.165) is 34.0 Å². The molecule has 7 heteroatoms. The molecule has 0 aliphatic carbocycles. The minimum absolute atomic E-state index is 0.256. The van der Waals surface area contributed by atoms with Gasteiger partial charge in [-0.2, -0.15) is 5.10 Å². The van der Waals surface area contributed by atoms with Crippen LogP contribution < -0.4 is 5.43 Å². The van der Waals surface area contributed by atoms with Gasteiger partial charge in [0.1, 0.15) is 0 Å². The predicted octanol–water partition coefficient (Wildman–Crippen LogP) is 7.46. The number of carbonyl (C=O) groups is 1. The van der Waals surface area contributed by atoms with Crippen LogP contribution in [-0.4, -0.2) is 16.7 Å². The smallest absolute Gasteiger partial charge is 0.271 e. The van der Waals surface area contributed by atoms with Gasteiger partial charge in [-0.1, -0.05) is 53.5 Å². The Kier molecular flexibility index (Phi) is 7.78. The first kappa shape index (κ1) is 24.1. The van der Waals surface area contributed by atoms with Crippen LogP contribution >= 0.6 is 35.0 Å². The molecule has 4 nitrogen and oxygen atoms in total. The fraction of sp³-hybridized carbons (Fsp3) is 0.111. The molecule has 4 rings (SSSR count). The quantitative estimate of drug-likeness (QED) is 0.160. The second-order valence-corrected chi connectivity index (χ2v) is 9.71. The number of aromatic nitrogens is 1. The largest absolute Gasteiger partial charge is 0.318 e. The van der Waals surface area contributed by atoms with Crippen molar-refractivity contribution in [3.63, 3.8) is 0 Å². The van der Waals surface area contributed by atoms with Crippen LogP contribution in [0.4, 0.5) is 0 Å². The van der Waals surface area contributed by atoms with E-state index in [4.69, 9.17) is 23.2 Å². The van der Waals surface area contributed by atoms with Crippen LogP contribution in [0.2, 0.25) is 10.0 Å². The summed E-state index contributed by atoms with van der Waals surface area (Å²) in [5.41, 5.74) is 8.07. The van der Waals surface area contributed by atoms with Gasteiger partial charge in [0, 0.05) is 48.9 Å².